The lowest BCUT2D eigenvalue weighted by Gasteiger charge is -2.10. The van der Waals surface area contributed by atoms with Gasteiger partial charge in [-0.2, -0.15) is 0 Å². The summed E-state index contributed by atoms with van der Waals surface area (Å²) in [6.07, 6.45) is 0.468. The van der Waals surface area contributed by atoms with Gasteiger partial charge in [-0.1, -0.05) is 6.92 Å². The van der Waals surface area contributed by atoms with E-state index in [1.807, 2.05) is 6.92 Å². The fourth-order valence-corrected chi connectivity index (χ4v) is 2.58. The van der Waals surface area contributed by atoms with Crippen LogP contribution in [0.3, 0.4) is 0 Å². The van der Waals surface area contributed by atoms with Crippen molar-refractivity contribution in [2.45, 2.75) is 13.3 Å². The molecule has 2 aromatic carbocycles. The SMILES string of the molecule is CCc1[nH]c2ccc(F)cc2c(=O)c1-c1cc(F)cc(F)c1. The van der Waals surface area contributed by atoms with E-state index < -0.39 is 22.9 Å². The zero-order valence-corrected chi connectivity index (χ0v) is 11.7. The van der Waals surface area contributed by atoms with Gasteiger partial charge in [0.15, 0.2) is 5.43 Å². The van der Waals surface area contributed by atoms with Crippen molar-refractivity contribution in [1.82, 2.24) is 4.98 Å². The van der Waals surface area contributed by atoms with Crippen LogP contribution in [-0.4, -0.2) is 4.98 Å². The Labute approximate surface area is 124 Å². The van der Waals surface area contributed by atoms with Gasteiger partial charge < -0.3 is 4.98 Å². The number of hydrogen-bond acceptors (Lipinski definition) is 1. The van der Waals surface area contributed by atoms with Crippen LogP contribution in [0.1, 0.15) is 12.6 Å². The fourth-order valence-electron chi connectivity index (χ4n) is 2.58. The summed E-state index contributed by atoms with van der Waals surface area (Å²) >= 11 is 0. The first-order valence-electron chi connectivity index (χ1n) is 6.80. The number of hydrogen-bond donors (Lipinski definition) is 1. The molecule has 1 N–H and O–H groups in total. The lowest BCUT2D eigenvalue weighted by Crippen LogP contribution is -2.11. The van der Waals surface area contributed by atoms with Crippen LogP contribution < -0.4 is 5.43 Å². The minimum atomic E-state index is -0.768. The van der Waals surface area contributed by atoms with Crippen LogP contribution in [0.4, 0.5) is 13.2 Å². The highest BCUT2D eigenvalue weighted by atomic mass is 19.1. The number of aromatic nitrogens is 1. The molecule has 0 saturated heterocycles. The molecule has 22 heavy (non-hydrogen) atoms. The normalized spacial score (nSPS) is 11.1. The standard InChI is InChI=1S/C17H12F3NO/c1-2-14-16(9-5-11(19)7-12(20)6-9)17(22)13-8-10(18)3-4-15(13)21-14/h3-8H,2H2,1H3,(H,21,22). The van der Waals surface area contributed by atoms with Gasteiger partial charge in [0.25, 0.3) is 0 Å². The average molecular weight is 303 g/mol. The maximum absolute atomic E-state index is 13.4. The maximum atomic E-state index is 13.4. The van der Waals surface area contributed by atoms with Gasteiger partial charge in [-0.15, -0.1) is 0 Å². The number of halogens is 3. The molecule has 112 valence electrons. The molecule has 0 unspecified atom stereocenters. The monoisotopic (exact) mass is 303 g/mol. The molecule has 0 fully saturated rings. The molecule has 5 heteroatoms. The van der Waals surface area contributed by atoms with E-state index in [0.29, 0.717) is 17.6 Å². The molecule has 1 aromatic heterocycles. The Bertz CT molecular complexity index is 911. The first-order valence-corrected chi connectivity index (χ1v) is 6.80. The van der Waals surface area contributed by atoms with Crippen molar-refractivity contribution >= 4 is 10.9 Å². The lowest BCUT2D eigenvalue weighted by molar-refractivity contribution is 0.584. The summed E-state index contributed by atoms with van der Waals surface area (Å²) in [7, 11) is 0. The third-order valence-corrected chi connectivity index (χ3v) is 3.55. The smallest absolute Gasteiger partial charge is 0.197 e. The number of rotatable bonds is 2. The van der Waals surface area contributed by atoms with E-state index in [1.54, 1.807) is 0 Å². The first kappa shape index (κ1) is 14.4. The molecule has 3 rings (SSSR count). The van der Waals surface area contributed by atoms with Crippen LogP contribution >= 0.6 is 0 Å². The van der Waals surface area contributed by atoms with Gasteiger partial charge in [0, 0.05) is 28.2 Å². The number of H-pyrrole nitrogens is 1. The van der Waals surface area contributed by atoms with Crippen LogP contribution in [0.15, 0.2) is 41.2 Å². The fraction of sp³-hybridized carbons (Fsp3) is 0.118. The molecule has 0 bridgehead atoms. The molecule has 0 aliphatic rings. The number of aryl methyl sites for hydroxylation is 1. The summed E-state index contributed by atoms with van der Waals surface area (Å²) in [6, 6.07) is 6.77. The summed E-state index contributed by atoms with van der Waals surface area (Å²) in [5.41, 5.74) is 0.897. The Morgan fingerprint density at radius 1 is 0.955 bits per heavy atom. The zero-order chi connectivity index (χ0) is 15.9. The predicted molar refractivity (Wildman–Crippen MR) is 79.3 cm³/mol. The van der Waals surface area contributed by atoms with Crippen molar-refractivity contribution in [2.24, 2.45) is 0 Å². The van der Waals surface area contributed by atoms with Crippen molar-refractivity contribution in [2.75, 3.05) is 0 Å². The molecule has 3 aromatic rings. The van der Waals surface area contributed by atoms with Crippen LogP contribution in [-0.2, 0) is 6.42 Å². The molecule has 0 aliphatic heterocycles. The van der Waals surface area contributed by atoms with Crippen molar-refractivity contribution in [3.63, 3.8) is 0 Å². The van der Waals surface area contributed by atoms with E-state index >= 15 is 0 Å². The van der Waals surface area contributed by atoms with Crippen molar-refractivity contribution in [3.8, 4) is 11.1 Å². The maximum Gasteiger partial charge on any atom is 0.197 e. The number of pyridine rings is 1. The topological polar surface area (TPSA) is 32.9 Å². The van der Waals surface area contributed by atoms with Gasteiger partial charge in [-0.3, -0.25) is 4.79 Å². The first-order chi connectivity index (χ1) is 10.5. The summed E-state index contributed by atoms with van der Waals surface area (Å²) in [4.78, 5) is 15.7. The molecule has 0 amide bonds. The van der Waals surface area contributed by atoms with Crippen LogP contribution in [0.2, 0.25) is 0 Å². The molecule has 0 saturated carbocycles. The van der Waals surface area contributed by atoms with E-state index in [1.165, 1.54) is 12.1 Å². The van der Waals surface area contributed by atoms with Gasteiger partial charge >= 0.3 is 0 Å². The van der Waals surface area contributed by atoms with Gasteiger partial charge in [0.05, 0.1) is 0 Å². The predicted octanol–water partition coefficient (Wildman–Crippen LogP) is 4.17. The van der Waals surface area contributed by atoms with Crippen LogP contribution in [0.25, 0.3) is 22.0 Å². The number of aromatic amines is 1. The average Bonchev–Trinajstić information content (AvgIpc) is 2.46. The van der Waals surface area contributed by atoms with Crippen molar-refractivity contribution in [1.29, 1.82) is 0 Å². The second-order valence-electron chi connectivity index (χ2n) is 5.01. The summed E-state index contributed by atoms with van der Waals surface area (Å²) in [5.74, 6) is -2.08. The number of nitrogens with one attached hydrogen (secondary N) is 1. The van der Waals surface area contributed by atoms with E-state index in [2.05, 4.69) is 4.98 Å². The molecule has 0 atom stereocenters. The molecular weight excluding hydrogens is 291 g/mol. The van der Waals surface area contributed by atoms with Crippen LogP contribution in [0.5, 0.6) is 0 Å². The van der Waals surface area contributed by atoms with Gasteiger partial charge in [0.2, 0.25) is 0 Å². The van der Waals surface area contributed by atoms with Crippen molar-refractivity contribution < 1.29 is 13.2 Å². The van der Waals surface area contributed by atoms with Gasteiger partial charge in [-0.05, 0) is 42.3 Å². The molecule has 0 aliphatic carbocycles. The molecule has 0 radical (unpaired) electrons. The summed E-state index contributed by atoms with van der Waals surface area (Å²) in [6.45, 7) is 1.82. The number of fused-ring (bicyclic) bond motifs is 1. The molecule has 1 heterocycles. The highest BCUT2D eigenvalue weighted by Gasteiger charge is 2.15. The van der Waals surface area contributed by atoms with Crippen LogP contribution in [0, 0.1) is 17.5 Å². The second-order valence-corrected chi connectivity index (χ2v) is 5.01. The Morgan fingerprint density at radius 3 is 2.27 bits per heavy atom. The Morgan fingerprint density at radius 2 is 1.64 bits per heavy atom. The Hall–Kier alpha value is -2.56. The Balaban J connectivity index is 2.41. The van der Waals surface area contributed by atoms with Crippen molar-refractivity contribution in [3.05, 3.63) is 69.8 Å². The molecular formula is C17H12F3NO. The van der Waals surface area contributed by atoms with Gasteiger partial charge in [0.1, 0.15) is 17.5 Å². The lowest BCUT2D eigenvalue weighted by atomic mass is 9.99. The quantitative estimate of drug-likeness (QED) is 0.757. The third-order valence-electron chi connectivity index (χ3n) is 3.55. The highest BCUT2D eigenvalue weighted by Crippen LogP contribution is 2.24. The highest BCUT2D eigenvalue weighted by molar-refractivity contribution is 5.84. The minimum absolute atomic E-state index is 0.141. The third kappa shape index (κ3) is 2.39. The van der Waals surface area contributed by atoms with Gasteiger partial charge in [-0.25, -0.2) is 13.2 Å². The zero-order valence-electron chi connectivity index (χ0n) is 11.7. The van der Waals surface area contributed by atoms with E-state index in [0.717, 1.165) is 24.3 Å². The number of benzene rings is 2. The molecule has 2 nitrogen and oxygen atoms in total. The summed E-state index contributed by atoms with van der Waals surface area (Å²) in [5, 5.41) is 0.150. The largest absolute Gasteiger partial charge is 0.358 e. The summed E-state index contributed by atoms with van der Waals surface area (Å²) < 4.78 is 40.3. The molecule has 0 spiro atoms. The van der Waals surface area contributed by atoms with E-state index in [9.17, 15) is 18.0 Å². The van der Waals surface area contributed by atoms with E-state index in [-0.39, 0.29) is 16.5 Å². The Kier molecular flexibility index (Phi) is 3.48. The van der Waals surface area contributed by atoms with E-state index in [4.69, 9.17) is 0 Å². The second kappa shape index (κ2) is 5.33. The minimum Gasteiger partial charge on any atom is -0.358 e.